The van der Waals surface area contributed by atoms with Gasteiger partial charge >= 0.3 is 0 Å². The number of hydrogen-bond acceptors (Lipinski definition) is 3. The number of aryl methyl sites for hydroxylation is 2. The van der Waals surface area contributed by atoms with Crippen molar-refractivity contribution in [2.45, 2.75) is 19.9 Å². The van der Waals surface area contributed by atoms with Crippen molar-refractivity contribution in [2.24, 2.45) is 0 Å². The number of halogens is 1. The van der Waals surface area contributed by atoms with Gasteiger partial charge in [-0.2, -0.15) is 0 Å². The van der Waals surface area contributed by atoms with Gasteiger partial charge in [0, 0.05) is 15.9 Å². The minimum absolute atomic E-state index is 0.139. The lowest BCUT2D eigenvalue weighted by Crippen LogP contribution is -2.38. The average Bonchev–Trinajstić information content (AvgIpc) is 2.70. The molecule has 2 amide bonds. The molecular weight excluding hydrogens is 316 g/mol. The Hall–Kier alpha value is -1.01. The molecule has 0 saturated carbocycles. The first-order chi connectivity index (χ1) is 8.47. The van der Waals surface area contributed by atoms with Crippen LogP contribution in [-0.4, -0.2) is 22.9 Å². The minimum atomic E-state index is -0.440. The Morgan fingerprint density at radius 3 is 2.56 bits per heavy atom. The van der Waals surface area contributed by atoms with E-state index in [1.165, 1.54) is 0 Å². The molecule has 0 spiro atoms. The second-order valence-electron chi connectivity index (χ2n) is 4.20. The van der Waals surface area contributed by atoms with Gasteiger partial charge < -0.3 is 10.6 Å². The number of carbonyl (C=O) groups is 2. The van der Waals surface area contributed by atoms with Gasteiger partial charge in [-0.15, -0.1) is 0 Å². The number of benzene rings is 1. The van der Waals surface area contributed by atoms with Crippen molar-refractivity contribution in [2.75, 3.05) is 11.1 Å². The van der Waals surface area contributed by atoms with E-state index >= 15 is 0 Å². The smallest absolute Gasteiger partial charge is 0.279 e. The molecule has 1 unspecified atom stereocenters. The third-order valence-electron chi connectivity index (χ3n) is 2.74. The van der Waals surface area contributed by atoms with Crippen molar-refractivity contribution in [1.29, 1.82) is 0 Å². The molecule has 4 nitrogen and oxygen atoms in total. The zero-order chi connectivity index (χ0) is 13.3. The monoisotopic (exact) mass is 328 g/mol. The molecule has 1 heterocycles. The van der Waals surface area contributed by atoms with Crippen LogP contribution in [0.5, 0.6) is 0 Å². The van der Waals surface area contributed by atoms with Gasteiger partial charge in [-0.1, -0.05) is 27.7 Å². The first kappa shape index (κ1) is 13.4. The summed E-state index contributed by atoms with van der Waals surface area (Å²) in [4.78, 5) is 23.1. The molecular formula is C12H13BrN2O2S. The summed E-state index contributed by atoms with van der Waals surface area (Å²) in [5, 5.41) is 5.37. The first-order valence-electron chi connectivity index (χ1n) is 5.48. The third kappa shape index (κ3) is 2.87. The van der Waals surface area contributed by atoms with Gasteiger partial charge in [0.25, 0.3) is 5.24 Å². The van der Waals surface area contributed by atoms with Crippen molar-refractivity contribution < 1.29 is 9.59 Å². The summed E-state index contributed by atoms with van der Waals surface area (Å²) in [6, 6.07) is 3.46. The Labute approximate surface area is 118 Å². The van der Waals surface area contributed by atoms with Crippen LogP contribution in [0.1, 0.15) is 11.1 Å². The van der Waals surface area contributed by atoms with Crippen LogP contribution in [0.3, 0.4) is 0 Å². The van der Waals surface area contributed by atoms with E-state index in [0.717, 1.165) is 33.0 Å². The predicted molar refractivity (Wildman–Crippen MR) is 77.0 cm³/mol. The van der Waals surface area contributed by atoms with Gasteiger partial charge in [0.05, 0.1) is 0 Å². The highest BCUT2D eigenvalue weighted by molar-refractivity contribution is 9.10. The number of thioether (sulfide) groups is 1. The SMILES string of the molecule is Cc1cc(Br)cc(C)c1NC(=O)C1CSC(=O)N1. The van der Waals surface area contributed by atoms with E-state index in [0.29, 0.717) is 5.75 Å². The molecule has 0 aromatic heterocycles. The molecule has 1 aliphatic heterocycles. The molecule has 0 aliphatic carbocycles. The lowest BCUT2D eigenvalue weighted by Gasteiger charge is -2.15. The second kappa shape index (κ2) is 5.32. The number of nitrogens with one attached hydrogen (secondary N) is 2. The van der Waals surface area contributed by atoms with Crippen LogP contribution in [0.4, 0.5) is 10.5 Å². The molecule has 18 heavy (non-hydrogen) atoms. The van der Waals surface area contributed by atoms with Gasteiger partial charge in [-0.25, -0.2) is 0 Å². The molecule has 0 bridgehead atoms. The highest BCUT2D eigenvalue weighted by Gasteiger charge is 2.28. The van der Waals surface area contributed by atoms with Gasteiger partial charge in [0.15, 0.2) is 0 Å². The molecule has 0 radical (unpaired) electrons. The van der Waals surface area contributed by atoms with Gasteiger partial charge in [0.2, 0.25) is 5.91 Å². The summed E-state index contributed by atoms with van der Waals surface area (Å²) in [6.07, 6.45) is 0. The van der Waals surface area contributed by atoms with Crippen LogP contribution in [-0.2, 0) is 4.79 Å². The molecule has 1 atom stereocenters. The van der Waals surface area contributed by atoms with Crippen LogP contribution in [0.15, 0.2) is 16.6 Å². The maximum atomic E-state index is 12.0. The Balaban J connectivity index is 2.14. The first-order valence-corrected chi connectivity index (χ1v) is 7.26. The fourth-order valence-electron chi connectivity index (χ4n) is 1.84. The fraction of sp³-hybridized carbons (Fsp3) is 0.333. The second-order valence-corrected chi connectivity index (χ2v) is 6.11. The maximum Gasteiger partial charge on any atom is 0.279 e. The number of anilines is 1. The standard InChI is InChI=1S/C12H13BrN2O2S/c1-6-3-8(13)4-7(2)10(6)15-11(16)9-5-18-12(17)14-9/h3-4,9H,5H2,1-2H3,(H,14,17)(H,15,16). The average molecular weight is 329 g/mol. The van der Waals surface area contributed by atoms with Crippen molar-refractivity contribution >= 4 is 44.5 Å². The van der Waals surface area contributed by atoms with E-state index in [1.807, 2.05) is 26.0 Å². The normalized spacial score (nSPS) is 18.6. The highest BCUT2D eigenvalue weighted by atomic mass is 79.9. The molecule has 1 aliphatic rings. The van der Waals surface area contributed by atoms with E-state index < -0.39 is 6.04 Å². The largest absolute Gasteiger partial charge is 0.334 e. The lowest BCUT2D eigenvalue weighted by molar-refractivity contribution is -0.117. The van der Waals surface area contributed by atoms with Crippen LogP contribution < -0.4 is 10.6 Å². The summed E-state index contributed by atoms with van der Waals surface area (Å²) in [7, 11) is 0. The van der Waals surface area contributed by atoms with Crippen molar-refractivity contribution in [3.05, 3.63) is 27.7 Å². The van der Waals surface area contributed by atoms with Crippen LogP contribution in [0.2, 0.25) is 0 Å². The lowest BCUT2D eigenvalue weighted by atomic mass is 10.1. The summed E-state index contributed by atoms with van der Waals surface area (Å²) in [5.41, 5.74) is 2.80. The molecule has 1 saturated heterocycles. The molecule has 1 fully saturated rings. The Morgan fingerprint density at radius 2 is 2.06 bits per heavy atom. The third-order valence-corrected chi connectivity index (χ3v) is 4.07. The van der Waals surface area contributed by atoms with Crippen LogP contribution in [0, 0.1) is 13.8 Å². The van der Waals surface area contributed by atoms with Crippen LogP contribution >= 0.6 is 27.7 Å². The van der Waals surface area contributed by atoms with Crippen molar-refractivity contribution in [1.82, 2.24) is 5.32 Å². The quantitative estimate of drug-likeness (QED) is 0.877. The molecule has 2 rings (SSSR count). The Kier molecular flexibility index (Phi) is 3.97. The maximum absolute atomic E-state index is 12.0. The Bertz CT molecular complexity index is 496. The molecule has 96 valence electrons. The molecule has 6 heteroatoms. The van der Waals surface area contributed by atoms with Crippen molar-refractivity contribution in [3.63, 3.8) is 0 Å². The number of hydrogen-bond donors (Lipinski definition) is 2. The molecule has 2 N–H and O–H groups in total. The van der Waals surface area contributed by atoms with Gasteiger partial charge in [0.1, 0.15) is 6.04 Å². The predicted octanol–water partition coefficient (Wildman–Crippen LogP) is 2.83. The summed E-state index contributed by atoms with van der Waals surface area (Å²) >= 11 is 4.55. The topological polar surface area (TPSA) is 58.2 Å². The van der Waals surface area contributed by atoms with E-state index in [9.17, 15) is 9.59 Å². The van der Waals surface area contributed by atoms with E-state index in [-0.39, 0.29) is 11.1 Å². The van der Waals surface area contributed by atoms with Gasteiger partial charge in [-0.3, -0.25) is 9.59 Å². The summed E-state index contributed by atoms with van der Waals surface area (Å²) in [5.74, 6) is 0.320. The molecule has 1 aromatic carbocycles. The zero-order valence-corrected chi connectivity index (χ0v) is 12.4. The minimum Gasteiger partial charge on any atom is -0.334 e. The summed E-state index contributed by atoms with van der Waals surface area (Å²) in [6.45, 7) is 3.88. The number of rotatable bonds is 2. The summed E-state index contributed by atoms with van der Waals surface area (Å²) < 4.78 is 0.986. The molecule has 1 aromatic rings. The zero-order valence-electron chi connectivity index (χ0n) is 10.0. The van der Waals surface area contributed by atoms with E-state index in [2.05, 4.69) is 26.6 Å². The van der Waals surface area contributed by atoms with Crippen LogP contribution in [0.25, 0.3) is 0 Å². The fourth-order valence-corrected chi connectivity index (χ4v) is 3.31. The number of amides is 2. The number of carbonyl (C=O) groups excluding carboxylic acids is 2. The highest BCUT2D eigenvalue weighted by Crippen LogP contribution is 2.25. The van der Waals surface area contributed by atoms with E-state index in [4.69, 9.17) is 0 Å². The Morgan fingerprint density at radius 1 is 1.44 bits per heavy atom. The van der Waals surface area contributed by atoms with Crippen molar-refractivity contribution in [3.8, 4) is 0 Å². The van der Waals surface area contributed by atoms with E-state index in [1.54, 1.807) is 0 Å². The van der Waals surface area contributed by atoms with Gasteiger partial charge in [-0.05, 0) is 37.1 Å².